The van der Waals surface area contributed by atoms with E-state index in [1.165, 1.54) is 24.8 Å². The SMILES string of the molecule is CC1(C(=O)c2ccc(C3CCC3)cc2)CCCO1. The number of hydrogen-bond donors (Lipinski definition) is 0. The van der Waals surface area contributed by atoms with Crippen molar-refractivity contribution in [3.8, 4) is 0 Å². The van der Waals surface area contributed by atoms with Crippen LogP contribution < -0.4 is 0 Å². The number of benzene rings is 1. The number of rotatable bonds is 3. The normalized spacial score (nSPS) is 28.1. The Hall–Kier alpha value is -1.15. The third-order valence-electron chi connectivity index (χ3n) is 4.45. The van der Waals surface area contributed by atoms with E-state index in [9.17, 15) is 4.79 Å². The minimum absolute atomic E-state index is 0.139. The molecule has 0 spiro atoms. The lowest BCUT2D eigenvalue weighted by molar-refractivity contribution is 0.0213. The first-order valence-corrected chi connectivity index (χ1v) is 6.98. The van der Waals surface area contributed by atoms with Crippen molar-refractivity contribution < 1.29 is 9.53 Å². The summed E-state index contributed by atoms with van der Waals surface area (Å²) < 4.78 is 5.62. The molecule has 1 saturated carbocycles. The van der Waals surface area contributed by atoms with Crippen molar-refractivity contribution in [2.24, 2.45) is 0 Å². The minimum Gasteiger partial charge on any atom is -0.367 e. The molecule has 18 heavy (non-hydrogen) atoms. The minimum atomic E-state index is -0.585. The number of ether oxygens (including phenoxy) is 1. The van der Waals surface area contributed by atoms with Gasteiger partial charge in [0.25, 0.3) is 0 Å². The van der Waals surface area contributed by atoms with Gasteiger partial charge in [0.15, 0.2) is 5.78 Å². The Balaban J connectivity index is 1.77. The summed E-state index contributed by atoms with van der Waals surface area (Å²) in [5.41, 5.74) is 1.59. The Labute approximate surface area is 108 Å². The zero-order chi connectivity index (χ0) is 12.6. The molecule has 2 nitrogen and oxygen atoms in total. The van der Waals surface area contributed by atoms with Gasteiger partial charge in [-0.3, -0.25) is 4.79 Å². The van der Waals surface area contributed by atoms with Crippen molar-refractivity contribution in [1.29, 1.82) is 0 Å². The maximum Gasteiger partial charge on any atom is 0.194 e. The van der Waals surface area contributed by atoms with Gasteiger partial charge in [-0.05, 0) is 44.1 Å². The predicted molar refractivity (Wildman–Crippen MR) is 71.0 cm³/mol. The van der Waals surface area contributed by atoms with E-state index in [0.717, 1.165) is 24.3 Å². The van der Waals surface area contributed by atoms with E-state index < -0.39 is 5.60 Å². The molecule has 2 fully saturated rings. The Morgan fingerprint density at radius 2 is 1.94 bits per heavy atom. The van der Waals surface area contributed by atoms with Crippen LogP contribution in [0.3, 0.4) is 0 Å². The molecular formula is C16H20O2. The van der Waals surface area contributed by atoms with E-state index in [-0.39, 0.29) is 5.78 Å². The Bertz CT molecular complexity index is 437. The molecule has 0 aromatic heterocycles. The molecule has 1 atom stereocenters. The van der Waals surface area contributed by atoms with Crippen molar-refractivity contribution in [2.75, 3.05) is 6.61 Å². The van der Waals surface area contributed by atoms with E-state index in [1.807, 2.05) is 19.1 Å². The van der Waals surface area contributed by atoms with E-state index in [0.29, 0.717) is 6.61 Å². The molecule has 1 aromatic rings. The van der Waals surface area contributed by atoms with E-state index in [4.69, 9.17) is 4.74 Å². The lowest BCUT2D eigenvalue weighted by Crippen LogP contribution is -2.34. The van der Waals surface area contributed by atoms with Gasteiger partial charge in [0.1, 0.15) is 5.60 Å². The molecule has 96 valence electrons. The maximum atomic E-state index is 12.4. The lowest BCUT2D eigenvalue weighted by Gasteiger charge is -2.26. The number of Topliss-reactive ketones (excluding diaryl/α,β-unsaturated/α-hetero) is 1. The van der Waals surface area contributed by atoms with E-state index >= 15 is 0 Å². The van der Waals surface area contributed by atoms with Crippen LogP contribution in [0.1, 0.15) is 60.9 Å². The summed E-state index contributed by atoms with van der Waals surface area (Å²) in [7, 11) is 0. The largest absolute Gasteiger partial charge is 0.367 e. The maximum absolute atomic E-state index is 12.4. The fourth-order valence-electron chi connectivity index (χ4n) is 2.91. The summed E-state index contributed by atoms with van der Waals surface area (Å²) in [6, 6.07) is 8.19. The van der Waals surface area contributed by atoms with E-state index in [1.54, 1.807) is 0 Å². The van der Waals surface area contributed by atoms with Crippen LogP contribution in [0.25, 0.3) is 0 Å². The van der Waals surface area contributed by atoms with Gasteiger partial charge in [0.2, 0.25) is 0 Å². The summed E-state index contributed by atoms with van der Waals surface area (Å²) >= 11 is 0. The summed E-state index contributed by atoms with van der Waals surface area (Å²) in [5.74, 6) is 0.868. The Kier molecular flexibility index (Phi) is 2.98. The molecule has 0 bridgehead atoms. The molecule has 1 unspecified atom stereocenters. The Morgan fingerprint density at radius 3 is 2.44 bits per heavy atom. The number of carbonyl (C=O) groups excluding carboxylic acids is 1. The standard InChI is InChI=1S/C16H20O2/c1-16(10-3-11-18-16)15(17)14-8-6-13(7-9-14)12-4-2-5-12/h6-9,12H,2-5,10-11H2,1H3. The summed E-state index contributed by atoms with van der Waals surface area (Å²) in [4.78, 5) is 12.4. The molecule has 1 heterocycles. The molecule has 2 aliphatic rings. The van der Waals surface area contributed by atoms with Crippen LogP contribution in [0.5, 0.6) is 0 Å². The molecule has 1 aromatic carbocycles. The van der Waals surface area contributed by atoms with Gasteiger partial charge in [-0.2, -0.15) is 0 Å². The smallest absolute Gasteiger partial charge is 0.194 e. The third kappa shape index (κ3) is 1.99. The van der Waals surface area contributed by atoms with Gasteiger partial charge < -0.3 is 4.74 Å². The summed E-state index contributed by atoms with van der Waals surface area (Å²) in [6.45, 7) is 2.63. The second kappa shape index (κ2) is 4.51. The highest BCUT2D eigenvalue weighted by Crippen LogP contribution is 2.36. The van der Waals surface area contributed by atoms with Gasteiger partial charge in [-0.1, -0.05) is 30.7 Å². The number of carbonyl (C=O) groups is 1. The van der Waals surface area contributed by atoms with Gasteiger partial charge in [0.05, 0.1) is 0 Å². The first kappa shape index (κ1) is 11.9. The van der Waals surface area contributed by atoms with Gasteiger partial charge in [0, 0.05) is 12.2 Å². The molecule has 1 aliphatic carbocycles. The van der Waals surface area contributed by atoms with Crippen LogP contribution in [0.2, 0.25) is 0 Å². The van der Waals surface area contributed by atoms with Crippen LogP contribution in [-0.4, -0.2) is 18.0 Å². The third-order valence-corrected chi connectivity index (χ3v) is 4.45. The fourth-order valence-corrected chi connectivity index (χ4v) is 2.91. The van der Waals surface area contributed by atoms with Crippen molar-refractivity contribution in [3.05, 3.63) is 35.4 Å². The second-order valence-corrected chi connectivity index (χ2v) is 5.76. The number of hydrogen-bond acceptors (Lipinski definition) is 2. The predicted octanol–water partition coefficient (Wildman–Crippen LogP) is 3.71. The van der Waals surface area contributed by atoms with Crippen LogP contribution in [0.4, 0.5) is 0 Å². The fraction of sp³-hybridized carbons (Fsp3) is 0.562. The zero-order valence-corrected chi connectivity index (χ0v) is 10.9. The average molecular weight is 244 g/mol. The van der Waals surface area contributed by atoms with Gasteiger partial charge >= 0.3 is 0 Å². The molecular weight excluding hydrogens is 224 g/mol. The summed E-state index contributed by atoms with van der Waals surface area (Å²) in [6.07, 6.45) is 5.78. The summed E-state index contributed by atoms with van der Waals surface area (Å²) in [5, 5.41) is 0. The molecule has 1 aliphatic heterocycles. The molecule has 3 rings (SSSR count). The van der Waals surface area contributed by atoms with Crippen LogP contribution in [0, 0.1) is 0 Å². The van der Waals surface area contributed by atoms with Gasteiger partial charge in [-0.25, -0.2) is 0 Å². The van der Waals surface area contributed by atoms with Crippen LogP contribution >= 0.6 is 0 Å². The van der Waals surface area contributed by atoms with Crippen LogP contribution in [-0.2, 0) is 4.74 Å². The van der Waals surface area contributed by atoms with Crippen molar-refractivity contribution in [2.45, 2.75) is 50.5 Å². The van der Waals surface area contributed by atoms with E-state index in [2.05, 4.69) is 12.1 Å². The zero-order valence-electron chi connectivity index (χ0n) is 10.9. The number of ketones is 1. The molecule has 1 saturated heterocycles. The van der Waals surface area contributed by atoms with Crippen molar-refractivity contribution in [3.63, 3.8) is 0 Å². The first-order chi connectivity index (χ1) is 8.69. The Morgan fingerprint density at radius 1 is 1.22 bits per heavy atom. The highest BCUT2D eigenvalue weighted by molar-refractivity contribution is 6.02. The highest BCUT2D eigenvalue weighted by Gasteiger charge is 2.38. The molecule has 0 N–H and O–H groups in total. The molecule has 0 amide bonds. The second-order valence-electron chi connectivity index (χ2n) is 5.76. The van der Waals surface area contributed by atoms with Crippen molar-refractivity contribution >= 4 is 5.78 Å². The molecule has 0 radical (unpaired) electrons. The highest BCUT2D eigenvalue weighted by atomic mass is 16.5. The molecule has 2 heteroatoms. The van der Waals surface area contributed by atoms with Crippen LogP contribution in [0.15, 0.2) is 24.3 Å². The average Bonchev–Trinajstić information content (AvgIpc) is 2.75. The first-order valence-electron chi connectivity index (χ1n) is 6.98. The quantitative estimate of drug-likeness (QED) is 0.758. The van der Waals surface area contributed by atoms with Crippen molar-refractivity contribution in [1.82, 2.24) is 0 Å². The topological polar surface area (TPSA) is 26.3 Å². The van der Waals surface area contributed by atoms with Gasteiger partial charge in [-0.15, -0.1) is 0 Å². The monoisotopic (exact) mass is 244 g/mol. The lowest BCUT2D eigenvalue weighted by atomic mass is 9.79.